The summed E-state index contributed by atoms with van der Waals surface area (Å²) < 4.78 is 38.0. The predicted molar refractivity (Wildman–Crippen MR) is 94.2 cm³/mol. The van der Waals surface area contributed by atoms with Crippen LogP contribution in [0.2, 0.25) is 0 Å². The molecule has 0 saturated heterocycles. The largest absolute Gasteiger partial charge is 0.493 e. The molecule has 142 valence electrons. The van der Waals surface area contributed by atoms with Crippen molar-refractivity contribution in [1.29, 1.82) is 0 Å². The highest BCUT2D eigenvalue weighted by Gasteiger charge is 2.42. The number of imidazole rings is 1. The second-order valence-corrected chi connectivity index (χ2v) is 6.02. The lowest BCUT2D eigenvalue weighted by molar-refractivity contribution is -0.199. The summed E-state index contributed by atoms with van der Waals surface area (Å²) in [7, 11) is 0. The number of carbonyl (C=O) groups is 1. The first-order valence-electron chi connectivity index (χ1n) is 8.25. The summed E-state index contributed by atoms with van der Waals surface area (Å²) in [5.74, 6) is -1.57. The lowest BCUT2D eigenvalue weighted by Gasteiger charge is -2.08. The third kappa shape index (κ3) is 3.46. The molecule has 0 aliphatic heterocycles. The molecular formula is C19H13F3N4O2. The maximum Gasteiger partial charge on any atom is 0.493 e. The van der Waals surface area contributed by atoms with Crippen LogP contribution in [0.4, 0.5) is 13.2 Å². The Kier molecular flexibility index (Phi) is 4.34. The lowest BCUT2D eigenvalue weighted by Crippen LogP contribution is -2.33. The van der Waals surface area contributed by atoms with Gasteiger partial charge in [-0.1, -0.05) is 30.3 Å². The molecule has 0 bridgehead atoms. The van der Waals surface area contributed by atoms with Crippen molar-refractivity contribution in [3.63, 3.8) is 0 Å². The van der Waals surface area contributed by atoms with Crippen LogP contribution in [-0.2, 0) is 11.2 Å². The number of pyridine rings is 1. The minimum absolute atomic E-state index is 0.0920. The van der Waals surface area contributed by atoms with E-state index in [1.54, 1.807) is 12.3 Å². The van der Waals surface area contributed by atoms with Crippen LogP contribution < -0.4 is 4.84 Å². The molecule has 0 aliphatic rings. The van der Waals surface area contributed by atoms with E-state index in [-0.39, 0.29) is 5.65 Å². The van der Waals surface area contributed by atoms with E-state index < -0.39 is 12.1 Å². The number of aromatic amines is 1. The molecular weight excluding hydrogens is 373 g/mol. The van der Waals surface area contributed by atoms with Gasteiger partial charge >= 0.3 is 12.1 Å². The third-order valence-electron chi connectivity index (χ3n) is 4.10. The molecule has 0 radical (unpaired) electrons. The van der Waals surface area contributed by atoms with E-state index in [9.17, 15) is 18.0 Å². The van der Waals surface area contributed by atoms with E-state index in [0.717, 1.165) is 11.4 Å². The molecule has 0 spiro atoms. The first kappa shape index (κ1) is 17.8. The Balaban J connectivity index is 1.64. The van der Waals surface area contributed by atoms with Crippen molar-refractivity contribution in [2.75, 3.05) is 0 Å². The normalized spacial score (nSPS) is 11.7. The maximum atomic E-state index is 12.4. The summed E-state index contributed by atoms with van der Waals surface area (Å²) in [5.41, 5.74) is 2.54. The fourth-order valence-corrected chi connectivity index (χ4v) is 2.84. The molecule has 28 heavy (non-hydrogen) atoms. The van der Waals surface area contributed by atoms with Gasteiger partial charge in [-0.05, 0) is 17.7 Å². The summed E-state index contributed by atoms with van der Waals surface area (Å²) in [6, 6.07) is 13.0. The number of fused-ring (bicyclic) bond motifs is 1. The number of halogens is 3. The van der Waals surface area contributed by atoms with E-state index in [2.05, 4.69) is 19.8 Å². The first-order chi connectivity index (χ1) is 13.4. The molecule has 3 heterocycles. The number of carbonyl (C=O) groups excluding carboxylic acids is 1. The highest BCUT2D eigenvalue weighted by atomic mass is 19.4. The van der Waals surface area contributed by atoms with Gasteiger partial charge in [-0.25, -0.2) is 14.8 Å². The smallest absolute Gasteiger partial charge is 0.342 e. The lowest BCUT2D eigenvalue weighted by atomic mass is 10.1. The molecule has 0 amide bonds. The summed E-state index contributed by atoms with van der Waals surface area (Å²) in [6.45, 7) is 0. The van der Waals surface area contributed by atoms with Crippen LogP contribution in [0.25, 0.3) is 22.3 Å². The maximum absolute atomic E-state index is 12.4. The molecule has 4 rings (SSSR count). The Morgan fingerprint density at radius 2 is 1.89 bits per heavy atom. The Morgan fingerprint density at radius 3 is 2.64 bits per heavy atom. The molecule has 9 heteroatoms. The van der Waals surface area contributed by atoms with Crippen molar-refractivity contribution >= 4 is 17.0 Å². The molecule has 1 N–H and O–H groups in total. The highest BCUT2D eigenvalue weighted by Crippen LogP contribution is 2.27. The van der Waals surface area contributed by atoms with E-state index >= 15 is 0 Å². The van der Waals surface area contributed by atoms with Gasteiger partial charge < -0.3 is 9.82 Å². The van der Waals surface area contributed by atoms with Crippen LogP contribution in [0.3, 0.4) is 0 Å². The number of H-pyrrole nitrogens is 1. The molecule has 4 aromatic rings. The zero-order valence-electron chi connectivity index (χ0n) is 14.3. The molecule has 0 fully saturated rings. The number of rotatable bonds is 4. The molecule has 0 unspecified atom stereocenters. The van der Waals surface area contributed by atoms with Gasteiger partial charge in [-0.2, -0.15) is 17.9 Å². The van der Waals surface area contributed by atoms with Gasteiger partial charge in [0.1, 0.15) is 5.82 Å². The van der Waals surface area contributed by atoms with Gasteiger partial charge in [0.25, 0.3) is 0 Å². The first-order valence-corrected chi connectivity index (χ1v) is 8.25. The van der Waals surface area contributed by atoms with Gasteiger partial charge in [0.05, 0.1) is 11.9 Å². The van der Waals surface area contributed by atoms with Crippen LogP contribution in [-0.4, -0.2) is 31.8 Å². The monoisotopic (exact) mass is 386 g/mol. The number of hydrogen-bond donors (Lipinski definition) is 1. The molecule has 3 aromatic heterocycles. The van der Waals surface area contributed by atoms with Crippen LogP contribution in [0.15, 0.2) is 61.1 Å². The molecule has 0 saturated carbocycles. The zero-order valence-corrected chi connectivity index (χ0v) is 14.3. The molecule has 0 aliphatic carbocycles. The molecule has 0 atom stereocenters. The van der Waals surface area contributed by atoms with Gasteiger partial charge in [-0.3, -0.25) is 0 Å². The fourth-order valence-electron chi connectivity index (χ4n) is 2.84. The van der Waals surface area contributed by atoms with E-state index in [4.69, 9.17) is 0 Å². The number of benzene rings is 1. The minimum atomic E-state index is -5.09. The number of hydrogen-bond acceptors (Lipinski definition) is 4. The van der Waals surface area contributed by atoms with Gasteiger partial charge in [0, 0.05) is 29.8 Å². The average Bonchev–Trinajstić information content (AvgIpc) is 3.29. The fraction of sp³-hybridized carbons (Fsp3) is 0.105. The molecule has 6 nitrogen and oxygen atoms in total. The van der Waals surface area contributed by atoms with Crippen LogP contribution in [0.1, 0.15) is 11.4 Å². The van der Waals surface area contributed by atoms with Crippen molar-refractivity contribution in [2.45, 2.75) is 12.6 Å². The minimum Gasteiger partial charge on any atom is -0.342 e. The Labute approximate surface area is 156 Å². The van der Waals surface area contributed by atoms with Gasteiger partial charge in [0.2, 0.25) is 0 Å². The van der Waals surface area contributed by atoms with Crippen molar-refractivity contribution < 1.29 is 22.8 Å². The number of alkyl halides is 3. The van der Waals surface area contributed by atoms with E-state index in [0.29, 0.717) is 27.8 Å². The van der Waals surface area contributed by atoms with Crippen molar-refractivity contribution in [2.24, 2.45) is 0 Å². The van der Waals surface area contributed by atoms with Gasteiger partial charge in [-0.15, -0.1) is 0 Å². The standard InChI is InChI=1S/C19H13F3N4O2/c20-19(21,22)18(27)28-26-9-7-14-13(6-8-23-17(14)26)15-11-24-16(25-15)10-12-4-2-1-3-5-12/h1-9,11H,10H2,(H,24,25). The summed E-state index contributed by atoms with van der Waals surface area (Å²) >= 11 is 0. The summed E-state index contributed by atoms with van der Waals surface area (Å²) in [6.07, 6.45) is -0.200. The van der Waals surface area contributed by atoms with E-state index in [1.165, 1.54) is 18.5 Å². The average molecular weight is 386 g/mol. The Bertz CT molecular complexity index is 1130. The second kappa shape index (κ2) is 6.84. The molecule has 1 aromatic carbocycles. The topological polar surface area (TPSA) is 72.8 Å². The third-order valence-corrected chi connectivity index (χ3v) is 4.10. The zero-order chi connectivity index (χ0) is 19.7. The predicted octanol–water partition coefficient (Wildman–Crippen LogP) is 3.53. The van der Waals surface area contributed by atoms with Gasteiger partial charge in [0.15, 0.2) is 5.65 Å². The van der Waals surface area contributed by atoms with Crippen molar-refractivity contribution in [3.05, 3.63) is 72.4 Å². The Morgan fingerprint density at radius 1 is 1.11 bits per heavy atom. The number of aromatic nitrogens is 4. The Hall–Kier alpha value is -3.62. The van der Waals surface area contributed by atoms with Crippen LogP contribution >= 0.6 is 0 Å². The highest BCUT2D eigenvalue weighted by molar-refractivity contribution is 5.92. The number of nitrogens with one attached hydrogen (secondary N) is 1. The number of nitrogens with zero attached hydrogens (tertiary/aromatic N) is 3. The van der Waals surface area contributed by atoms with Crippen LogP contribution in [0.5, 0.6) is 0 Å². The SMILES string of the molecule is O=C(On1ccc2c(-c3cnc(Cc4ccccc4)[nH]3)ccnc21)C(F)(F)F. The van der Waals surface area contributed by atoms with Crippen molar-refractivity contribution in [1.82, 2.24) is 19.7 Å². The summed E-state index contributed by atoms with van der Waals surface area (Å²) in [5, 5.41) is 0.521. The second-order valence-electron chi connectivity index (χ2n) is 6.02. The van der Waals surface area contributed by atoms with Crippen molar-refractivity contribution in [3.8, 4) is 11.3 Å². The van der Waals surface area contributed by atoms with Crippen LogP contribution in [0, 0.1) is 0 Å². The summed E-state index contributed by atoms with van der Waals surface area (Å²) in [4.78, 5) is 27.1. The van der Waals surface area contributed by atoms with E-state index in [1.807, 2.05) is 30.3 Å². The quantitative estimate of drug-likeness (QED) is 0.582.